The number of hydrogen-bond acceptors (Lipinski definition) is 11. The van der Waals surface area contributed by atoms with Crippen molar-refractivity contribution in [1.82, 2.24) is 34.9 Å². The number of aryl methyl sites for hydroxylation is 2. The Morgan fingerprint density at radius 2 is 1.39 bits per heavy atom. The minimum absolute atomic E-state index is 0.107. The predicted molar refractivity (Wildman–Crippen MR) is 110 cm³/mol. The molecule has 0 spiro atoms. The van der Waals surface area contributed by atoms with E-state index in [9.17, 15) is 0 Å². The van der Waals surface area contributed by atoms with Gasteiger partial charge in [0, 0.05) is 58.4 Å². The van der Waals surface area contributed by atoms with Crippen LogP contribution in [0.1, 0.15) is 37.1 Å². The van der Waals surface area contributed by atoms with Gasteiger partial charge in [0.05, 0.1) is 17.9 Å². The average Bonchev–Trinajstić information content (AvgIpc) is 3.51. The van der Waals surface area contributed by atoms with E-state index >= 15 is 0 Å². The van der Waals surface area contributed by atoms with Crippen LogP contribution in [-0.2, 0) is 26.2 Å². The van der Waals surface area contributed by atoms with Crippen LogP contribution < -0.4 is 0 Å². The SMILES string of the molecule is OCCCC1N=NC(CN(Cc2cn(CCCO)nn2)Cc2cn(CCCO)nn2)=N1. The molecule has 0 bridgehead atoms. The van der Waals surface area contributed by atoms with Gasteiger partial charge in [-0.2, -0.15) is 5.11 Å². The van der Waals surface area contributed by atoms with Crippen molar-refractivity contribution in [2.24, 2.45) is 15.2 Å². The quantitative estimate of drug-likeness (QED) is 0.341. The Morgan fingerprint density at radius 1 is 0.806 bits per heavy atom. The lowest BCUT2D eigenvalue weighted by molar-refractivity contribution is 0.276. The van der Waals surface area contributed by atoms with E-state index in [1.807, 2.05) is 12.4 Å². The van der Waals surface area contributed by atoms with E-state index in [1.165, 1.54) is 0 Å². The fourth-order valence-corrected chi connectivity index (χ4v) is 3.16. The second-order valence-corrected chi connectivity index (χ2v) is 7.35. The van der Waals surface area contributed by atoms with Gasteiger partial charge in [-0.05, 0) is 25.7 Å². The third-order valence-corrected chi connectivity index (χ3v) is 4.62. The second kappa shape index (κ2) is 12.3. The average molecular weight is 435 g/mol. The van der Waals surface area contributed by atoms with E-state index < -0.39 is 0 Å². The molecule has 1 aliphatic heterocycles. The molecule has 0 fully saturated rings. The van der Waals surface area contributed by atoms with Crippen molar-refractivity contribution in [1.29, 1.82) is 0 Å². The molecular formula is C18H30N10O3. The molecule has 31 heavy (non-hydrogen) atoms. The molecule has 13 nitrogen and oxygen atoms in total. The molecule has 0 amide bonds. The highest BCUT2D eigenvalue weighted by Crippen LogP contribution is 2.14. The Bertz CT molecular complexity index is 801. The van der Waals surface area contributed by atoms with Crippen molar-refractivity contribution in [2.45, 2.75) is 58.0 Å². The summed E-state index contributed by atoms with van der Waals surface area (Å²) in [5.74, 6) is 0.628. The van der Waals surface area contributed by atoms with Crippen LogP contribution in [0, 0.1) is 0 Å². The maximum Gasteiger partial charge on any atom is 0.163 e. The fraction of sp³-hybridized carbons (Fsp3) is 0.722. The fourth-order valence-electron chi connectivity index (χ4n) is 3.16. The molecule has 170 valence electrons. The normalized spacial score (nSPS) is 15.9. The first-order chi connectivity index (χ1) is 15.2. The minimum Gasteiger partial charge on any atom is -0.396 e. The van der Waals surface area contributed by atoms with Gasteiger partial charge in [-0.3, -0.25) is 14.3 Å². The number of aliphatic hydroxyl groups excluding tert-OH is 3. The number of nitrogens with zero attached hydrogens (tertiary/aromatic N) is 10. The van der Waals surface area contributed by atoms with Gasteiger partial charge < -0.3 is 15.3 Å². The van der Waals surface area contributed by atoms with Crippen molar-refractivity contribution >= 4 is 5.84 Å². The number of azo groups is 1. The molecule has 1 atom stereocenters. The molecule has 2 aromatic heterocycles. The van der Waals surface area contributed by atoms with Gasteiger partial charge in [0.1, 0.15) is 0 Å². The van der Waals surface area contributed by atoms with E-state index in [0.29, 0.717) is 64.2 Å². The van der Waals surface area contributed by atoms with Crippen molar-refractivity contribution in [3.63, 3.8) is 0 Å². The van der Waals surface area contributed by atoms with Gasteiger partial charge in [0.25, 0.3) is 0 Å². The molecule has 0 saturated heterocycles. The number of aliphatic imine (C=N–C) groups is 1. The van der Waals surface area contributed by atoms with Gasteiger partial charge >= 0.3 is 0 Å². The molecule has 0 radical (unpaired) electrons. The number of aromatic nitrogens is 6. The molecule has 3 heterocycles. The van der Waals surface area contributed by atoms with Crippen molar-refractivity contribution in [3.8, 4) is 0 Å². The molecule has 0 saturated carbocycles. The predicted octanol–water partition coefficient (Wildman–Crippen LogP) is -0.400. The summed E-state index contributed by atoms with van der Waals surface area (Å²) in [4.78, 5) is 6.62. The van der Waals surface area contributed by atoms with Crippen LogP contribution in [-0.4, -0.2) is 88.6 Å². The van der Waals surface area contributed by atoms with Crippen LogP contribution >= 0.6 is 0 Å². The highest BCUT2D eigenvalue weighted by Gasteiger charge is 2.19. The van der Waals surface area contributed by atoms with E-state index in [-0.39, 0.29) is 26.0 Å². The maximum atomic E-state index is 8.99. The molecule has 3 rings (SSSR count). The molecule has 13 heteroatoms. The largest absolute Gasteiger partial charge is 0.396 e. The first kappa shape index (κ1) is 23.1. The second-order valence-electron chi connectivity index (χ2n) is 7.35. The number of hydrogen-bond donors (Lipinski definition) is 3. The summed E-state index contributed by atoms with van der Waals surface area (Å²) in [5, 5.41) is 52.0. The van der Waals surface area contributed by atoms with E-state index in [2.05, 4.69) is 40.7 Å². The lowest BCUT2D eigenvalue weighted by Gasteiger charge is -2.18. The summed E-state index contributed by atoms with van der Waals surface area (Å²) in [6.07, 6.45) is 6.04. The van der Waals surface area contributed by atoms with Gasteiger partial charge in [-0.15, -0.1) is 15.3 Å². The summed E-state index contributed by atoms with van der Waals surface area (Å²) in [7, 11) is 0. The summed E-state index contributed by atoms with van der Waals surface area (Å²) < 4.78 is 3.43. The van der Waals surface area contributed by atoms with Gasteiger partial charge in [-0.1, -0.05) is 10.4 Å². The smallest absolute Gasteiger partial charge is 0.163 e. The van der Waals surface area contributed by atoms with Crippen molar-refractivity contribution in [3.05, 3.63) is 23.8 Å². The first-order valence-electron chi connectivity index (χ1n) is 10.5. The van der Waals surface area contributed by atoms with E-state index in [0.717, 1.165) is 11.4 Å². The van der Waals surface area contributed by atoms with Crippen LogP contribution in [0.25, 0.3) is 0 Å². The highest BCUT2D eigenvalue weighted by molar-refractivity contribution is 5.85. The molecule has 1 unspecified atom stereocenters. The zero-order valence-corrected chi connectivity index (χ0v) is 17.5. The Hall–Kier alpha value is -2.61. The number of rotatable bonds is 15. The van der Waals surface area contributed by atoms with Crippen molar-refractivity contribution < 1.29 is 15.3 Å². The third kappa shape index (κ3) is 7.54. The Kier molecular flexibility index (Phi) is 9.15. The number of amidine groups is 1. The van der Waals surface area contributed by atoms with Crippen molar-refractivity contribution in [2.75, 3.05) is 26.4 Å². The molecule has 0 aliphatic carbocycles. The topological polar surface area (TPSA) is 162 Å². The Labute approximate surface area is 180 Å². The van der Waals surface area contributed by atoms with Gasteiger partial charge in [0.15, 0.2) is 12.0 Å². The summed E-state index contributed by atoms with van der Waals surface area (Å²) in [6.45, 7) is 3.03. The lowest BCUT2D eigenvalue weighted by Crippen LogP contribution is -2.28. The molecule has 2 aromatic rings. The summed E-state index contributed by atoms with van der Waals surface area (Å²) >= 11 is 0. The van der Waals surface area contributed by atoms with Crippen LogP contribution in [0.5, 0.6) is 0 Å². The molecule has 3 N–H and O–H groups in total. The zero-order valence-electron chi connectivity index (χ0n) is 17.5. The summed E-state index contributed by atoms with van der Waals surface area (Å²) in [6, 6.07) is 0. The standard InChI is InChI=1S/C18H30N10O3/c29-7-1-4-17-19-18(23-22-17)14-26(10-15-12-27(24-20-15)5-2-8-30)11-16-13-28(25-21-16)6-3-9-31/h12-13,17,29-31H,1-11,14H2. The van der Waals surface area contributed by atoms with Crippen LogP contribution in [0.3, 0.4) is 0 Å². The molecule has 1 aliphatic rings. The van der Waals surface area contributed by atoms with E-state index in [1.54, 1.807) is 9.36 Å². The molecular weight excluding hydrogens is 404 g/mol. The summed E-state index contributed by atoms with van der Waals surface area (Å²) in [5.41, 5.74) is 1.58. The lowest BCUT2D eigenvalue weighted by atomic mass is 10.3. The van der Waals surface area contributed by atoms with Gasteiger partial charge in [-0.25, -0.2) is 4.99 Å². The van der Waals surface area contributed by atoms with Crippen LogP contribution in [0.2, 0.25) is 0 Å². The molecule has 0 aromatic carbocycles. The Morgan fingerprint density at radius 3 is 1.94 bits per heavy atom. The van der Waals surface area contributed by atoms with Gasteiger partial charge in [0.2, 0.25) is 0 Å². The maximum absolute atomic E-state index is 8.99. The highest BCUT2D eigenvalue weighted by atomic mass is 16.3. The monoisotopic (exact) mass is 434 g/mol. The zero-order chi connectivity index (χ0) is 21.9. The Balaban J connectivity index is 1.65. The third-order valence-electron chi connectivity index (χ3n) is 4.62. The van der Waals surface area contributed by atoms with E-state index in [4.69, 9.17) is 15.3 Å². The number of aliphatic hydroxyl groups is 3. The van der Waals surface area contributed by atoms with Crippen LogP contribution in [0.4, 0.5) is 0 Å². The van der Waals surface area contributed by atoms with Crippen LogP contribution in [0.15, 0.2) is 27.6 Å². The first-order valence-corrected chi connectivity index (χ1v) is 10.5. The minimum atomic E-state index is -0.234.